The third kappa shape index (κ3) is 11.2. The molecule has 4 nitrogen and oxygen atoms in total. The zero-order valence-electron chi connectivity index (χ0n) is 27.0. The zero-order valence-corrected chi connectivity index (χ0v) is 28.6. The van der Waals surface area contributed by atoms with Gasteiger partial charge in [0.25, 0.3) is 0 Å². The second-order valence-corrected chi connectivity index (χ2v) is 13.8. The first-order valence-electron chi connectivity index (χ1n) is 17.0. The van der Waals surface area contributed by atoms with Crippen LogP contribution in [0.3, 0.4) is 0 Å². The molecule has 0 spiro atoms. The molecule has 3 N–H and O–H groups in total. The highest BCUT2D eigenvalue weighted by atomic mass is 35.5. The number of hydrogen-bond donors (Lipinski definition) is 2. The van der Waals surface area contributed by atoms with E-state index in [1.807, 2.05) is 24.3 Å². The van der Waals surface area contributed by atoms with Crippen LogP contribution in [0, 0.1) is 11.8 Å². The summed E-state index contributed by atoms with van der Waals surface area (Å²) in [7, 11) is 0. The van der Waals surface area contributed by atoms with Crippen molar-refractivity contribution in [1.29, 1.82) is 0 Å². The first-order valence-corrected chi connectivity index (χ1v) is 17.8. The Morgan fingerprint density at radius 3 is 1.41 bits per heavy atom. The summed E-state index contributed by atoms with van der Waals surface area (Å²) in [5, 5.41) is 5.41. The molecule has 0 amide bonds. The molecule has 6 heteroatoms. The molecule has 4 aromatic carbocycles. The lowest BCUT2D eigenvalue weighted by Crippen LogP contribution is -2.37. The number of rotatable bonds is 11. The summed E-state index contributed by atoms with van der Waals surface area (Å²) < 4.78 is 0. The summed E-state index contributed by atoms with van der Waals surface area (Å²) >= 11 is 11.9. The van der Waals surface area contributed by atoms with Gasteiger partial charge in [0, 0.05) is 35.6 Å². The van der Waals surface area contributed by atoms with E-state index in [9.17, 15) is 0 Å². The van der Waals surface area contributed by atoms with Crippen molar-refractivity contribution in [3.8, 4) is 0 Å². The Kier molecular flexibility index (Phi) is 14.0. The number of nitrogens with zero attached hydrogens (tertiary/aromatic N) is 2. The van der Waals surface area contributed by atoms with Crippen LogP contribution >= 0.6 is 23.2 Å². The van der Waals surface area contributed by atoms with Gasteiger partial charge in [0.05, 0.1) is 0 Å². The quantitative estimate of drug-likeness (QED) is 0.170. The van der Waals surface area contributed by atoms with Crippen molar-refractivity contribution in [1.82, 2.24) is 15.1 Å². The van der Waals surface area contributed by atoms with Crippen LogP contribution in [-0.4, -0.2) is 55.6 Å². The molecule has 2 aliphatic heterocycles. The van der Waals surface area contributed by atoms with Gasteiger partial charge in [-0.2, -0.15) is 0 Å². The van der Waals surface area contributed by atoms with Crippen LogP contribution in [0.15, 0.2) is 109 Å². The Bertz CT molecular complexity index is 1340. The monoisotopic (exact) mass is 656 g/mol. The normalized spacial score (nSPS) is 16.7. The Hall–Kier alpha value is -2.70. The fourth-order valence-electron chi connectivity index (χ4n) is 6.66. The highest BCUT2D eigenvalue weighted by Gasteiger charge is 2.21. The molecule has 0 bridgehead atoms. The number of hydrogen-bond acceptors (Lipinski definition) is 4. The van der Waals surface area contributed by atoms with E-state index in [2.05, 4.69) is 100 Å². The van der Waals surface area contributed by atoms with Crippen molar-refractivity contribution in [2.24, 2.45) is 17.6 Å². The fourth-order valence-corrected chi connectivity index (χ4v) is 6.91. The fraction of sp³-hybridized carbons (Fsp3) is 0.400. The lowest BCUT2D eigenvalue weighted by molar-refractivity contribution is 0.175. The molecule has 0 saturated carbocycles. The predicted octanol–water partition coefficient (Wildman–Crippen LogP) is 8.48. The number of halogens is 2. The molecular weight excluding hydrogens is 607 g/mol. The molecule has 244 valence electrons. The molecule has 4 aromatic rings. The Morgan fingerprint density at radius 1 is 0.587 bits per heavy atom. The van der Waals surface area contributed by atoms with E-state index in [1.54, 1.807) is 0 Å². The summed E-state index contributed by atoms with van der Waals surface area (Å²) in [5.74, 6) is 1.90. The van der Waals surface area contributed by atoms with Crippen LogP contribution in [-0.2, 0) is 13.1 Å². The maximum Gasteiger partial charge on any atom is 0.0406 e. The molecule has 2 saturated heterocycles. The third-order valence-corrected chi connectivity index (χ3v) is 10.1. The average Bonchev–Trinajstić information content (AvgIpc) is 3.11. The number of nitrogens with one attached hydrogen (secondary N) is 1. The van der Waals surface area contributed by atoms with Gasteiger partial charge in [0.15, 0.2) is 0 Å². The van der Waals surface area contributed by atoms with Gasteiger partial charge >= 0.3 is 0 Å². The van der Waals surface area contributed by atoms with Crippen molar-refractivity contribution in [3.05, 3.63) is 141 Å². The zero-order chi connectivity index (χ0) is 32.0. The van der Waals surface area contributed by atoms with Gasteiger partial charge in [0.2, 0.25) is 0 Å². The lowest BCUT2D eigenvalue weighted by Gasteiger charge is -2.32. The average molecular weight is 658 g/mol. The van der Waals surface area contributed by atoms with E-state index in [-0.39, 0.29) is 0 Å². The highest BCUT2D eigenvalue weighted by molar-refractivity contribution is 6.30. The summed E-state index contributed by atoms with van der Waals surface area (Å²) in [6.45, 7) is 9.69. The number of nitrogens with two attached hydrogens (primary N) is 1. The molecule has 0 aliphatic carbocycles. The molecule has 2 fully saturated rings. The van der Waals surface area contributed by atoms with Crippen molar-refractivity contribution in [3.63, 3.8) is 0 Å². The number of piperidine rings is 2. The summed E-state index contributed by atoms with van der Waals surface area (Å²) in [6.07, 6.45) is 5.01. The van der Waals surface area contributed by atoms with Gasteiger partial charge in [-0.05, 0) is 123 Å². The molecule has 46 heavy (non-hydrogen) atoms. The molecule has 2 aliphatic rings. The van der Waals surface area contributed by atoms with Gasteiger partial charge in [-0.15, -0.1) is 0 Å². The van der Waals surface area contributed by atoms with Crippen molar-refractivity contribution in [2.75, 3.05) is 45.8 Å². The van der Waals surface area contributed by atoms with Crippen molar-refractivity contribution >= 4 is 23.2 Å². The summed E-state index contributed by atoms with van der Waals surface area (Å²) in [5.41, 5.74) is 11.1. The second kappa shape index (κ2) is 18.6. The minimum atomic E-state index is 0.400. The molecule has 0 unspecified atom stereocenters. The highest BCUT2D eigenvalue weighted by Crippen LogP contribution is 2.25. The van der Waals surface area contributed by atoms with E-state index < -0.39 is 0 Å². The molecule has 0 atom stereocenters. The van der Waals surface area contributed by atoms with E-state index >= 15 is 0 Å². The van der Waals surface area contributed by atoms with E-state index in [4.69, 9.17) is 28.9 Å². The van der Waals surface area contributed by atoms with Gasteiger partial charge in [0.1, 0.15) is 0 Å². The van der Waals surface area contributed by atoms with Gasteiger partial charge in [-0.1, -0.05) is 108 Å². The van der Waals surface area contributed by atoms with E-state index in [0.717, 1.165) is 54.6 Å². The largest absolute Gasteiger partial charge is 0.330 e. The molecule has 0 aromatic heterocycles. The van der Waals surface area contributed by atoms with Crippen LogP contribution in [0.5, 0.6) is 0 Å². The van der Waals surface area contributed by atoms with Gasteiger partial charge in [-0.25, -0.2) is 0 Å². The predicted molar refractivity (Wildman–Crippen MR) is 196 cm³/mol. The Labute approximate surface area is 286 Å². The topological polar surface area (TPSA) is 44.5 Å². The summed E-state index contributed by atoms with van der Waals surface area (Å²) in [6, 6.07) is 38.1. The minimum absolute atomic E-state index is 0.400. The van der Waals surface area contributed by atoms with Crippen molar-refractivity contribution < 1.29 is 0 Å². The Balaban J connectivity index is 0.000000219. The number of likely N-dealkylation sites (tertiary alicyclic amines) is 2. The Morgan fingerprint density at radius 2 is 1.00 bits per heavy atom. The SMILES string of the molecule is Clc1ccc(CN2CCC(CNCC(c3ccccc3)c3ccccc3)CC2)cc1.NCC1CCN(Cc2ccc(Cl)cc2)CC1. The van der Waals surface area contributed by atoms with Crippen LogP contribution in [0.1, 0.15) is 53.9 Å². The van der Waals surface area contributed by atoms with Crippen LogP contribution in [0.25, 0.3) is 0 Å². The molecule has 6 rings (SSSR count). The van der Waals surface area contributed by atoms with E-state index in [1.165, 1.54) is 74.1 Å². The smallest absolute Gasteiger partial charge is 0.0406 e. The molecule has 2 heterocycles. The number of benzene rings is 4. The first-order chi connectivity index (χ1) is 22.6. The minimum Gasteiger partial charge on any atom is -0.330 e. The van der Waals surface area contributed by atoms with Crippen LogP contribution in [0.4, 0.5) is 0 Å². The van der Waals surface area contributed by atoms with Gasteiger partial charge < -0.3 is 11.1 Å². The molecular formula is C40H50Cl2N4. The molecule has 0 radical (unpaired) electrons. The van der Waals surface area contributed by atoms with Crippen LogP contribution in [0.2, 0.25) is 10.0 Å². The van der Waals surface area contributed by atoms with E-state index in [0.29, 0.717) is 5.92 Å². The maximum atomic E-state index is 6.00. The lowest BCUT2D eigenvalue weighted by atomic mass is 9.90. The third-order valence-electron chi connectivity index (χ3n) is 9.57. The second-order valence-electron chi connectivity index (χ2n) is 13.0. The van der Waals surface area contributed by atoms with Crippen molar-refractivity contribution in [2.45, 2.75) is 44.7 Å². The maximum absolute atomic E-state index is 6.00. The van der Waals surface area contributed by atoms with Gasteiger partial charge in [-0.3, -0.25) is 9.80 Å². The summed E-state index contributed by atoms with van der Waals surface area (Å²) in [4.78, 5) is 5.06. The van der Waals surface area contributed by atoms with Crippen LogP contribution < -0.4 is 11.1 Å². The standard InChI is InChI=1S/C27H31ClN2.C13H19ClN2/c28-26-13-11-23(12-14-26)21-30-17-15-22(16-18-30)19-29-20-27(24-7-3-1-4-8-24)25-9-5-2-6-10-25;14-13-3-1-12(2-4-13)10-16-7-5-11(9-15)6-8-16/h1-14,22,27,29H,15-21H2;1-4,11H,5-10,15H2. The first kappa shape index (κ1) is 34.6.